The van der Waals surface area contributed by atoms with Crippen LogP contribution in [0.25, 0.3) is 6.08 Å². The van der Waals surface area contributed by atoms with E-state index in [1.54, 1.807) is 35.4 Å². The van der Waals surface area contributed by atoms with Crippen LogP contribution in [0, 0.1) is 21.8 Å². The van der Waals surface area contributed by atoms with Gasteiger partial charge in [-0.25, -0.2) is 4.39 Å². The van der Waals surface area contributed by atoms with Crippen molar-refractivity contribution < 1.29 is 23.7 Å². The van der Waals surface area contributed by atoms with Crippen molar-refractivity contribution in [3.8, 4) is 0 Å². The number of hydrogen-bond donors (Lipinski definition) is 1. The number of ketones is 2. The first-order chi connectivity index (χ1) is 20.3. The largest absolute Gasteiger partial charge is 0.358 e. The third kappa shape index (κ3) is 3.49. The number of benzene rings is 4. The van der Waals surface area contributed by atoms with Crippen molar-refractivity contribution in [2.24, 2.45) is 5.92 Å². The molecule has 4 aromatic rings. The highest BCUT2D eigenvalue weighted by atomic mass is 19.1. The number of non-ortho nitro benzene ring substituents is 1. The summed E-state index contributed by atoms with van der Waals surface area (Å²) in [6.45, 7) is 0. The zero-order valence-corrected chi connectivity index (χ0v) is 21.9. The van der Waals surface area contributed by atoms with Gasteiger partial charge in [-0.1, -0.05) is 42.5 Å². The molecule has 0 bridgehead atoms. The Labute approximate surface area is 239 Å². The molecule has 9 heteroatoms. The second kappa shape index (κ2) is 9.31. The molecular formula is C33H22FN3O5. The number of nitro benzene ring substituents is 1. The lowest BCUT2D eigenvalue weighted by Crippen LogP contribution is -2.49. The highest BCUT2D eigenvalue weighted by Gasteiger charge is 2.70. The van der Waals surface area contributed by atoms with E-state index in [1.165, 1.54) is 48.5 Å². The molecule has 0 saturated carbocycles. The molecule has 1 N–H and O–H groups in total. The Morgan fingerprint density at radius 1 is 0.857 bits per heavy atom. The van der Waals surface area contributed by atoms with E-state index in [-0.39, 0.29) is 16.8 Å². The number of nitrogens with one attached hydrogen (secondary N) is 1. The molecule has 0 aliphatic carbocycles. The van der Waals surface area contributed by atoms with Gasteiger partial charge in [0.2, 0.25) is 5.91 Å². The molecule has 42 heavy (non-hydrogen) atoms. The van der Waals surface area contributed by atoms with Gasteiger partial charge in [-0.05, 0) is 65.2 Å². The van der Waals surface area contributed by atoms with Gasteiger partial charge in [0, 0.05) is 35.1 Å². The normalized spacial score (nSPS) is 23.2. The van der Waals surface area contributed by atoms with E-state index in [1.807, 2.05) is 30.3 Å². The minimum atomic E-state index is -1.53. The van der Waals surface area contributed by atoms with Gasteiger partial charge in [-0.15, -0.1) is 0 Å². The molecule has 0 aromatic heterocycles. The number of Topliss-reactive ketones (excluding diaryl/α,β-unsaturated/α-hetero) is 2. The molecule has 1 saturated heterocycles. The number of carbonyl (C=O) groups excluding carboxylic acids is 3. The zero-order chi connectivity index (χ0) is 29.2. The fraction of sp³-hybridized carbons (Fsp3) is 0.121. The average Bonchev–Trinajstić information content (AvgIpc) is 3.49. The second-order valence-electron chi connectivity index (χ2n) is 10.6. The van der Waals surface area contributed by atoms with E-state index in [0.29, 0.717) is 11.3 Å². The lowest BCUT2D eigenvalue weighted by atomic mass is 9.62. The minimum Gasteiger partial charge on any atom is -0.358 e. The van der Waals surface area contributed by atoms with E-state index in [0.717, 1.165) is 11.1 Å². The second-order valence-corrected chi connectivity index (χ2v) is 10.6. The fourth-order valence-corrected chi connectivity index (χ4v) is 6.88. The Kier molecular flexibility index (Phi) is 5.65. The molecule has 206 valence electrons. The van der Waals surface area contributed by atoms with Crippen LogP contribution in [0.15, 0.2) is 103 Å². The number of hydrogen-bond acceptors (Lipinski definition) is 6. The van der Waals surface area contributed by atoms with Crippen molar-refractivity contribution in [3.05, 3.63) is 147 Å². The summed E-state index contributed by atoms with van der Waals surface area (Å²) in [5.74, 6) is -3.11. The maximum Gasteiger partial charge on any atom is 0.269 e. The Balaban J connectivity index is 1.51. The predicted octanol–water partition coefficient (Wildman–Crippen LogP) is 5.72. The van der Waals surface area contributed by atoms with Crippen molar-refractivity contribution in [2.45, 2.75) is 17.5 Å². The van der Waals surface area contributed by atoms with E-state index < -0.39 is 51.6 Å². The molecule has 4 atom stereocenters. The van der Waals surface area contributed by atoms with E-state index in [4.69, 9.17) is 0 Å². The molecule has 3 heterocycles. The standard InChI is InChI=1S/C33H22FN3O5/c34-22-13-9-21(10-14-22)30(39)28-27(29(38)20-11-15-23(16-12-20)37(41)42)33(25-7-3-4-8-26(25)35-32(33)40)31-24-6-2-1-5-19(24)17-18-36(28)31/h1-18,27-28,31H,(H,35,40)/t27-,28+,31-,33-/m1/s1. The zero-order valence-electron chi connectivity index (χ0n) is 21.9. The summed E-state index contributed by atoms with van der Waals surface area (Å²) >= 11 is 0. The molecule has 3 aliphatic heterocycles. The molecule has 1 amide bonds. The van der Waals surface area contributed by atoms with Gasteiger partial charge in [0.25, 0.3) is 5.69 Å². The molecule has 0 radical (unpaired) electrons. The Morgan fingerprint density at radius 3 is 2.24 bits per heavy atom. The molecule has 1 fully saturated rings. The van der Waals surface area contributed by atoms with Crippen LogP contribution in [0.5, 0.6) is 0 Å². The van der Waals surface area contributed by atoms with Crippen molar-refractivity contribution in [1.82, 2.24) is 4.90 Å². The highest BCUT2D eigenvalue weighted by Crippen LogP contribution is 2.62. The maximum atomic E-state index is 14.7. The molecule has 4 aromatic carbocycles. The van der Waals surface area contributed by atoms with Crippen LogP contribution in [0.1, 0.15) is 43.4 Å². The number of nitrogens with zero attached hydrogens (tertiary/aromatic N) is 2. The fourth-order valence-electron chi connectivity index (χ4n) is 6.88. The third-order valence-electron chi connectivity index (χ3n) is 8.61. The highest BCUT2D eigenvalue weighted by molar-refractivity contribution is 6.16. The van der Waals surface area contributed by atoms with Crippen LogP contribution in [0.4, 0.5) is 15.8 Å². The number of anilines is 1. The summed E-state index contributed by atoms with van der Waals surface area (Å²) in [5.41, 5.74) is 1.38. The van der Waals surface area contributed by atoms with Crippen molar-refractivity contribution in [1.29, 1.82) is 0 Å². The summed E-state index contributed by atoms with van der Waals surface area (Å²) in [5, 5.41) is 14.3. The minimum absolute atomic E-state index is 0.135. The van der Waals surface area contributed by atoms with Crippen molar-refractivity contribution >= 4 is 34.9 Å². The molecular weight excluding hydrogens is 537 g/mol. The Hall–Kier alpha value is -5.44. The Morgan fingerprint density at radius 2 is 1.50 bits per heavy atom. The smallest absolute Gasteiger partial charge is 0.269 e. The van der Waals surface area contributed by atoms with E-state index in [2.05, 4.69) is 5.32 Å². The molecule has 7 rings (SSSR count). The Bertz CT molecular complexity index is 1840. The first kappa shape index (κ1) is 25.5. The van der Waals surface area contributed by atoms with Crippen molar-refractivity contribution in [2.75, 3.05) is 5.32 Å². The summed E-state index contributed by atoms with van der Waals surface area (Å²) in [6, 6.07) is 23.1. The number of rotatable bonds is 5. The summed E-state index contributed by atoms with van der Waals surface area (Å²) in [6.07, 6.45) is 3.60. The lowest BCUT2D eigenvalue weighted by Gasteiger charge is -2.38. The van der Waals surface area contributed by atoms with E-state index >= 15 is 0 Å². The first-order valence-electron chi connectivity index (χ1n) is 13.4. The van der Waals surface area contributed by atoms with Crippen LogP contribution in [0.3, 0.4) is 0 Å². The number of nitro groups is 1. The SMILES string of the molecule is O=C(c1ccc(F)cc1)[C@@H]1[C@H](C(=O)c2ccc([N+](=O)[O-])cc2)[C@@]2(C(=O)Nc3ccccc32)[C@H]2c3ccccc3C=CN12. The van der Waals surface area contributed by atoms with Gasteiger partial charge in [-0.2, -0.15) is 0 Å². The molecule has 1 spiro atoms. The number of amides is 1. The molecule has 8 nitrogen and oxygen atoms in total. The topological polar surface area (TPSA) is 110 Å². The van der Waals surface area contributed by atoms with Gasteiger partial charge in [0.15, 0.2) is 11.6 Å². The number of carbonyl (C=O) groups is 3. The molecule has 0 unspecified atom stereocenters. The van der Waals surface area contributed by atoms with Gasteiger partial charge >= 0.3 is 0 Å². The van der Waals surface area contributed by atoms with Gasteiger partial charge in [-0.3, -0.25) is 24.5 Å². The molecule has 3 aliphatic rings. The summed E-state index contributed by atoms with van der Waals surface area (Å²) < 4.78 is 13.8. The van der Waals surface area contributed by atoms with Crippen LogP contribution < -0.4 is 5.32 Å². The quantitative estimate of drug-likeness (QED) is 0.190. The monoisotopic (exact) mass is 559 g/mol. The number of fused-ring (bicyclic) bond motifs is 6. The van der Waals surface area contributed by atoms with Crippen LogP contribution in [0.2, 0.25) is 0 Å². The number of halogens is 1. The average molecular weight is 560 g/mol. The van der Waals surface area contributed by atoms with Crippen molar-refractivity contribution in [3.63, 3.8) is 0 Å². The van der Waals surface area contributed by atoms with Crippen LogP contribution in [-0.2, 0) is 10.2 Å². The lowest BCUT2D eigenvalue weighted by molar-refractivity contribution is -0.384. The van der Waals surface area contributed by atoms with Gasteiger partial charge < -0.3 is 10.2 Å². The summed E-state index contributed by atoms with van der Waals surface area (Å²) in [7, 11) is 0. The van der Waals surface area contributed by atoms with E-state index in [9.17, 15) is 28.9 Å². The van der Waals surface area contributed by atoms with Gasteiger partial charge in [0.05, 0.1) is 16.9 Å². The third-order valence-corrected chi connectivity index (χ3v) is 8.61. The van der Waals surface area contributed by atoms with Crippen LogP contribution in [-0.4, -0.2) is 33.3 Å². The first-order valence-corrected chi connectivity index (χ1v) is 13.4. The number of para-hydroxylation sites is 1. The summed E-state index contributed by atoms with van der Waals surface area (Å²) in [4.78, 5) is 56.0. The maximum absolute atomic E-state index is 14.7. The van der Waals surface area contributed by atoms with Gasteiger partial charge in [0.1, 0.15) is 17.3 Å². The van der Waals surface area contributed by atoms with Crippen LogP contribution >= 0.6 is 0 Å². The predicted molar refractivity (Wildman–Crippen MR) is 152 cm³/mol.